The van der Waals surface area contributed by atoms with Gasteiger partial charge in [0.25, 0.3) is 0 Å². The first-order chi connectivity index (χ1) is 5.65. The number of nitrogens with two attached hydrogens (primary N) is 1. The van der Waals surface area contributed by atoms with Gasteiger partial charge in [-0.15, -0.1) is 0 Å². The fourth-order valence-corrected chi connectivity index (χ4v) is 0.796. The summed E-state index contributed by atoms with van der Waals surface area (Å²) in [6, 6.07) is 0. The molecule has 1 rings (SSSR count). The first-order valence-electron chi connectivity index (χ1n) is 3.61. The Bertz CT molecular complexity index is 309. The van der Waals surface area contributed by atoms with Crippen molar-refractivity contribution in [3.63, 3.8) is 0 Å². The van der Waals surface area contributed by atoms with Crippen molar-refractivity contribution in [3.8, 4) is 0 Å². The van der Waals surface area contributed by atoms with Gasteiger partial charge in [0.1, 0.15) is 5.69 Å². The molecule has 1 aromatic heterocycles. The fraction of sp³-hybridized carbons (Fsp3) is 0.250. The largest absolute Gasteiger partial charge is 0.368 e. The number of nitrogen functional groups attached to an aromatic ring is 1. The molecule has 4 heteroatoms. The maximum Gasteiger partial charge on any atom is 0.220 e. The van der Waals surface area contributed by atoms with E-state index < -0.39 is 5.82 Å². The maximum absolute atomic E-state index is 13.0. The van der Waals surface area contributed by atoms with Crippen molar-refractivity contribution in [2.24, 2.45) is 0 Å². The van der Waals surface area contributed by atoms with Crippen LogP contribution in [-0.2, 0) is 0 Å². The average Bonchev–Trinajstić information content (AvgIpc) is 2.08. The highest BCUT2D eigenvalue weighted by Gasteiger charge is 2.06. The van der Waals surface area contributed by atoms with Gasteiger partial charge in [-0.3, -0.25) is 0 Å². The summed E-state index contributed by atoms with van der Waals surface area (Å²) in [5, 5.41) is 0. The number of allylic oxidation sites excluding steroid dienone is 1. The Morgan fingerprint density at radius 1 is 1.75 bits per heavy atom. The third-order valence-electron chi connectivity index (χ3n) is 1.52. The Morgan fingerprint density at radius 2 is 2.42 bits per heavy atom. The SMILES string of the molecule is C=C(CC)c1nc(N)ncc1F. The lowest BCUT2D eigenvalue weighted by Crippen LogP contribution is -2.00. The molecule has 0 aromatic carbocycles. The van der Waals surface area contributed by atoms with E-state index in [1.54, 1.807) is 0 Å². The highest BCUT2D eigenvalue weighted by Crippen LogP contribution is 2.16. The van der Waals surface area contributed by atoms with E-state index in [9.17, 15) is 4.39 Å². The van der Waals surface area contributed by atoms with Crippen LogP contribution in [0.25, 0.3) is 5.57 Å². The zero-order valence-corrected chi connectivity index (χ0v) is 6.84. The highest BCUT2D eigenvalue weighted by atomic mass is 19.1. The molecule has 2 N–H and O–H groups in total. The van der Waals surface area contributed by atoms with Crippen LogP contribution in [0.15, 0.2) is 12.8 Å². The second-order valence-electron chi connectivity index (χ2n) is 2.38. The number of nitrogens with zero attached hydrogens (tertiary/aromatic N) is 2. The van der Waals surface area contributed by atoms with Gasteiger partial charge in [-0.1, -0.05) is 13.5 Å². The molecule has 0 unspecified atom stereocenters. The molecule has 1 aromatic rings. The first kappa shape index (κ1) is 8.64. The Morgan fingerprint density at radius 3 is 3.00 bits per heavy atom. The van der Waals surface area contributed by atoms with E-state index in [1.165, 1.54) is 0 Å². The van der Waals surface area contributed by atoms with Crippen LogP contribution >= 0.6 is 0 Å². The summed E-state index contributed by atoms with van der Waals surface area (Å²) in [5.74, 6) is -0.406. The number of halogens is 1. The Kier molecular flexibility index (Phi) is 2.38. The zero-order valence-electron chi connectivity index (χ0n) is 6.84. The minimum atomic E-state index is -0.476. The molecular formula is C8H10FN3. The number of rotatable bonds is 2. The lowest BCUT2D eigenvalue weighted by Gasteiger charge is -2.02. The average molecular weight is 167 g/mol. The molecule has 0 saturated heterocycles. The highest BCUT2D eigenvalue weighted by molar-refractivity contribution is 5.60. The van der Waals surface area contributed by atoms with Crippen LogP contribution in [-0.4, -0.2) is 9.97 Å². The first-order valence-corrected chi connectivity index (χ1v) is 3.61. The van der Waals surface area contributed by atoms with E-state index in [2.05, 4.69) is 16.5 Å². The van der Waals surface area contributed by atoms with Crippen molar-refractivity contribution in [1.82, 2.24) is 9.97 Å². The summed E-state index contributed by atoms with van der Waals surface area (Å²) in [6.07, 6.45) is 1.70. The molecule has 0 fully saturated rings. The smallest absolute Gasteiger partial charge is 0.220 e. The van der Waals surface area contributed by atoms with Crippen LogP contribution in [0.3, 0.4) is 0 Å². The van der Waals surface area contributed by atoms with Crippen molar-refractivity contribution in [3.05, 3.63) is 24.3 Å². The summed E-state index contributed by atoms with van der Waals surface area (Å²) in [5.41, 5.74) is 6.13. The van der Waals surface area contributed by atoms with Crippen molar-refractivity contribution < 1.29 is 4.39 Å². The van der Waals surface area contributed by atoms with Gasteiger partial charge in [0.05, 0.1) is 6.20 Å². The van der Waals surface area contributed by atoms with Gasteiger partial charge in [0.2, 0.25) is 5.95 Å². The predicted octanol–water partition coefficient (Wildman–Crippen LogP) is 1.62. The van der Waals surface area contributed by atoms with Crippen LogP contribution in [0, 0.1) is 5.82 Å². The third kappa shape index (κ3) is 1.58. The van der Waals surface area contributed by atoms with Gasteiger partial charge in [-0.25, -0.2) is 14.4 Å². The molecule has 0 aliphatic carbocycles. The second kappa shape index (κ2) is 3.30. The predicted molar refractivity (Wildman–Crippen MR) is 45.7 cm³/mol. The van der Waals surface area contributed by atoms with Gasteiger partial charge in [-0.2, -0.15) is 0 Å². The molecule has 64 valence electrons. The van der Waals surface area contributed by atoms with Crippen LogP contribution in [0.2, 0.25) is 0 Å². The minimum Gasteiger partial charge on any atom is -0.368 e. The number of hydrogen-bond donors (Lipinski definition) is 1. The van der Waals surface area contributed by atoms with Crippen LogP contribution < -0.4 is 5.73 Å². The van der Waals surface area contributed by atoms with Crippen molar-refractivity contribution >= 4 is 11.5 Å². The van der Waals surface area contributed by atoms with Gasteiger partial charge in [0.15, 0.2) is 5.82 Å². The van der Waals surface area contributed by atoms with Crippen LogP contribution in [0.4, 0.5) is 10.3 Å². The third-order valence-corrected chi connectivity index (χ3v) is 1.52. The van der Waals surface area contributed by atoms with Crippen molar-refractivity contribution in [1.29, 1.82) is 0 Å². The number of anilines is 1. The summed E-state index contributed by atoms with van der Waals surface area (Å²) >= 11 is 0. The van der Waals surface area contributed by atoms with Crippen molar-refractivity contribution in [2.45, 2.75) is 13.3 Å². The van der Waals surface area contributed by atoms with Gasteiger partial charge in [-0.05, 0) is 12.0 Å². The van der Waals surface area contributed by atoms with E-state index in [-0.39, 0.29) is 11.6 Å². The quantitative estimate of drug-likeness (QED) is 0.728. The molecular weight excluding hydrogens is 157 g/mol. The van der Waals surface area contributed by atoms with E-state index in [0.717, 1.165) is 6.20 Å². The normalized spacial score (nSPS) is 9.83. The van der Waals surface area contributed by atoms with Gasteiger partial charge in [0, 0.05) is 0 Å². The standard InChI is InChI=1S/C8H10FN3/c1-3-5(2)7-6(9)4-11-8(10)12-7/h4H,2-3H2,1H3,(H2,10,11,12). The van der Waals surface area contributed by atoms with Crippen molar-refractivity contribution in [2.75, 3.05) is 5.73 Å². The molecule has 0 bridgehead atoms. The Hall–Kier alpha value is -1.45. The van der Waals surface area contributed by atoms with E-state index >= 15 is 0 Å². The topological polar surface area (TPSA) is 51.8 Å². The second-order valence-corrected chi connectivity index (χ2v) is 2.38. The molecule has 0 aliphatic heterocycles. The summed E-state index contributed by atoms with van der Waals surface area (Å²) in [7, 11) is 0. The zero-order chi connectivity index (χ0) is 9.14. The van der Waals surface area contributed by atoms with Crippen LogP contribution in [0.5, 0.6) is 0 Å². The molecule has 0 spiro atoms. The molecule has 0 radical (unpaired) electrons. The molecule has 0 amide bonds. The Balaban J connectivity index is 3.13. The lowest BCUT2D eigenvalue weighted by molar-refractivity contribution is 0.609. The molecule has 0 aliphatic rings. The lowest BCUT2D eigenvalue weighted by atomic mass is 10.1. The number of aromatic nitrogens is 2. The number of hydrogen-bond acceptors (Lipinski definition) is 3. The maximum atomic E-state index is 13.0. The monoisotopic (exact) mass is 167 g/mol. The molecule has 12 heavy (non-hydrogen) atoms. The molecule has 1 heterocycles. The molecule has 0 atom stereocenters. The van der Waals surface area contributed by atoms with E-state index in [1.807, 2.05) is 6.92 Å². The summed E-state index contributed by atoms with van der Waals surface area (Å²) in [4.78, 5) is 7.24. The van der Waals surface area contributed by atoms with Crippen LogP contribution in [0.1, 0.15) is 19.0 Å². The van der Waals surface area contributed by atoms with E-state index in [0.29, 0.717) is 12.0 Å². The minimum absolute atomic E-state index is 0.0704. The fourth-order valence-electron chi connectivity index (χ4n) is 0.796. The molecule has 0 saturated carbocycles. The Labute approximate surface area is 70.1 Å². The summed E-state index contributed by atoms with van der Waals surface area (Å²) < 4.78 is 13.0. The van der Waals surface area contributed by atoms with Gasteiger partial charge < -0.3 is 5.73 Å². The van der Waals surface area contributed by atoms with E-state index in [4.69, 9.17) is 5.73 Å². The summed E-state index contributed by atoms with van der Waals surface area (Å²) in [6.45, 7) is 5.53. The molecule has 3 nitrogen and oxygen atoms in total. The van der Waals surface area contributed by atoms with Gasteiger partial charge >= 0.3 is 0 Å².